The molecule has 0 unspecified atom stereocenters. The molecule has 1 amide bonds. The van der Waals surface area contributed by atoms with Gasteiger partial charge in [0.2, 0.25) is 6.79 Å². The van der Waals surface area contributed by atoms with E-state index in [4.69, 9.17) is 9.47 Å². The van der Waals surface area contributed by atoms with Crippen LogP contribution in [-0.2, 0) is 5.75 Å². The second-order valence-electron chi connectivity index (χ2n) is 5.97. The molecule has 0 aliphatic carbocycles. The highest BCUT2D eigenvalue weighted by molar-refractivity contribution is 8.13. The minimum absolute atomic E-state index is 0.0497. The van der Waals surface area contributed by atoms with Gasteiger partial charge < -0.3 is 9.47 Å². The van der Waals surface area contributed by atoms with E-state index in [1.165, 1.54) is 11.1 Å². The number of amidine groups is 1. The summed E-state index contributed by atoms with van der Waals surface area (Å²) in [6, 6.07) is 13.7. The molecule has 0 N–H and O–H groups in total. The van der Waals surface area contributed by atoms with Crippen molar-refractivity contribution in [3.63, 3.8) is 0 Å². The van der Waals surface area contributed by atoms with Gasteiger partial charge in [-0.2, -0.15) is 0 Å². The zero-order valence-corrected chi connectivity index (χ0v) is 14.7. The summed E-state index contributed by atoms with van der Waals surface area (Å²) in [6.07, 6.45) is 0. The monoisotopic (exact) mass is 354 g/mol. The molecule has 4 rings (SSSR count). The fourth-order valence-electron chi connectivity index (χ4n) is 2.87. The molecule has 25 heavy (non-hydrogen) atoms. The minimum atomic E-state index is -0.0497. The summed E-state index contributed by atoms with van der Waals surface area (Å²) in [6.45, 7) is 3.54. The van der Waals surface area contributed by atoms with Crippen molar-refractivity contribution in [3.05, 3.63) is 59.2 Å². The molecular formula is C19H18N2O3S. The van der Waals surface area contributed by atoms with E-state index in [0.29, 0.717) is 30.2 Å². The summed E-state index contributed by atoms with van der Waals surface area (Å²) in [5, 5.41) is 0.782. The quantitative estimate of drug-likeness (QED) is 0.847. The van der Waals surface area contributed by atoms with E-state index in [1.54, 1.807) is 34.9 Å². The van der Waals surface area contributed by atoms with E-state index < -0.39 is 0 Å². The molecule has 6 heteroatoms. The number of aliphatic imine (C=N–C) groups is 1. The van der Waals surface area contributed by atoms with Gasteiger partial charge in [0.1, 0.15) is 0 Å². The summed E-state index contributed by atoms with van der Waals surface area (Å²) in [5.74, 6) is 2.05. The van der Waals surface area contributed by atoms with Crippen molar-refractivity contribution in [2.45, 2.75) is 12.7 Å². The number of fused-ring (bicyclic) bond motifs is 1. The summed E-state index contributed by atoms with van der Waals surface area (Å²) >= 11 is 1.60. The predicted octanol–water partition coefficient (Wildman–Crippen LogP) is 3.47. The molecule has 2 aliphatic heterocycles. The van der Waals surface area contributed by atoms with Crippen molar-refractivity contribution in [2.24, 2.45) is 4.99 Å². The van der Waals surface area contributed by atoms with Crippen molar-refractivity contribution in [3.8, 4) is 11.5 Å². The zero-order valence-electron chi connectivity index (χ0n) is 13.9. The van der Waals surface area contributed by atoms with E-state index in [1.807, 2.05) is 0 Å². The largest absolute Gasteiger partial charge is 0.454 e. The average Bonchev–Trinajstić information content (AvgIpc) is 3.27. The topological polar surface area (TPSA) is 51.1 Å². The lowest BCUT2D eigenvalue weighted by Crippen LogP contribution is -2.32. The maximum absolute atomic E-state index is 12.9. The lowest BCUT2D eigenvalue weighted by atomic mass is 10.2. The number of hydrogen-bond donors (Lipinski definition) is 0. The molecule has 0 saturated heterocycles. The molecule has 0 aromatic heterocycles. The highest BCUT2D eigenvalue weighted by Crippen LogP contribution is 2.33. The Balaban J connectivity index is 1.46. The molecular weight excluding hydrogens is 336 g/mol. The lowest BCUT2D eigenvalue weighted by molar-refractivity contribution is 0.0860. The van der Waals surface area contributed by atoms with Crippen molar-refractivity contribution in [2.75, 3.05) is 19.9 Å². The van der Waals surface area contributed by atoms with Crippen LogP contribution in [0, 0.1) is 6.92 Å². The SMILES string of the molecule is Cc1cccc(CSC2=NCCN2C(=O)c2ccc3c(c2)OCO3)c1. The highest BCUT2D eigenvalue weighted by Gasteiger charge is 2.26. The standard InChI is InChI=1S/C19H18N2O3S/c1-13-3-2-4-14(9-13)11-25-19-20-7-8-21(19)18(22)15-5-6-16-17(10-15)24-12-23-16/h2-6,9-10H,7-8,11-12H2,1H3. The zero-order chi connectivity index (χ0) is 17.2. The van der Waals surface area contributed by atoms with Crippen LogP contribution in [-0.4, -0.2) is 35.9 Å². The number of amides is 1. The van der Waals surface area contributed by atoms with Crippen molar-refractivity contribution in [1.29, 1.82) is 0 Å². The van der Waals surface area contributed by atoms with Crippen LogP contribution < -0.4 is 9.47 Å². The molecule has 2 heterocycles. The van der Waals surface area contributed by atoms with E-state index in [-0.39, 0.29) is 12.7 Å². The third-order valence-corrected chi connectivity index (χ3v) is 5.20. The molecule has 2 aromatic carbocycles. The van der Waals surface area contributed by atoms with Crippen LogP contribution in [0.15, 0.2) is 47.5 Å². The van der Waals surface area contributed by atoms with Gasteiger partial charge in [-0.3, -0.25) is 14.7 Å². The van der Waals surface area contributed by atoms with Crippen LogP contribution in [0.1, 0.15) is 21.5 Å². The Kier molecular flexibility index (Phi) is 4.36. The fourth-order valence-corrected chi connectivity index (χ4v) is 3.86. The van der Waals surface area contributed by atoms with Gasteiger partial charge in [-0.1, -0.05) is 41.6 Å². The maximum atomic E-state index is 12.9. The first kappa shape index (κ1) is 16.0. The number of nitrogens with zero attached hydrogens (tertiary/aromatic N) is 2. The van der Waals surface area contributed by atoms with Crippen LogP contribution >= 0.6 is 11.8 Å². The Hall–Kier alpha value is -2.47. The second-order valence-corrected chi connectivity index (χ2v) is 6.91. The van der Waals surface area contributed by atoms with Gasteiger partial charge in [0.05, 0.1) is 6.54 Å². The molecule has 0 saturated carbocycles. The Morgan fingerprint density at radius 3 is 2.96 bits per heavy atom. The Morgan fingerprint density at radius 2 is 2.08 bits per heavy atom. The number of carbonyl (C=O) groups excluding carboxylic acids is 1. The normalized spacial score (nSPS) is 15.4. The highest BCUT2D eigenvalue weighted by atomic mass is 32.2. The average molecular weight is 354 g/mol. The van der Waals surface area contributed by atoms with Gasteiger partial charge in [-0.25, -0.2) is 0 Å². The smallest absolute Gasteiger partial charge is 0.260 e. The molecule has 0 spiro atoms. The number of carbonyl (C=O) groups is 1. The third kappa shape index (κ3) is 3.35. The molecule has 0 atom stereocenters. The minimum Gasteiger partial charge on any atom is -0.454 e. The fraction of sp³-hybridized carbons (Fsp3) is 0.263. The van der Waals surface area contributed by atoms with Crippen LogP contribution in [0.4, 0.5) is 0 Å². The van der Waals surface area contributed by atoms with E-state index in [2.05, 4.69) is 36.2 Å². The van der Waals surface area contributed by atoms with Crippen LogP contribution in [0.2, 0.25) is 0 Å². The first-order valence-electron chi connectivity index (χ1n) is 8.15. The Bertz CT molecular complexity index is 850. The number of ether oxygens (including phenoxy) is 2. The third-order valence-electron chi connectivity index (χ3n) is 4.12. The summed E-state index contributed by atoms with van der Waals surface area (Å²) in [4.78, 5) is 19.1. The predicted molar refractivity (Wildman–Crippen MR) is 98.4 cm³/mol. The van der Waals surface area contributed by atoms with Gasteiger partial charge in [-0.15, -0.1) is 0 Å². The maximum Gasteiger partial charge on any atom is 0.260 e. The molecule has 128 valence electrons. The number of aryl methyl sites for hydroxylation is 1. The Labute approximate surface area is 150 Å². The summed E-state index contributed by atoms with van der Waals surface area (Å²) in [7, 11) is 0. The van der Waals surface area contributed by atoms with Crippen LogP contribution in [0.3, 0.4) is 0 Å². The molecule has 0 radical (unpaired) electrons. The van der Waals surface area contributed by atoms with E-state index in [9.17, 15) is 4.79 Å². The number of rotatable bonds is 3. The van der Waals surface area contributed by atoms with Crippen LogP contribution in [0.25, 0.3) is 0 Å². The van der Waals surface area contributed by atoms with Gasteiger partial charge in [-0.05, 0) is 30.7 Å². The number of hydrogen-bond acceptors (Lipinski definition) is 5. The first-order chi connectivity index (χ1) is 12.2. The van der Waals surface area contributed by atoms with Crippen LogP contribution in [0.5, 0.6) is 11.5 Å². The van der Waals surface area contributed by atoms with Gasteiger partial charge in [0, 0.05) is 17.9 Å². The van der Waals surface area contributed by atoms with Crippen molar-refractivity contribution >= 4 is 22.8 Å². The van der Waals surface area contributed by atoms with E-state index >= 15 is 0 Å². The van der Waals surface area contributed by atoms with Gasteiger partial charge in [0.25, 0.3) is 5.91 Å². The van der Waals surface area contributed by atoms with Crippen molar-refractivity contribution < 1.29 is 14.3 Å². The molecule has 5 nitrogen and oxygen atoms in total. The summed E-state index contributed by atoms with van der Waals surface area (Å²) in [5.41, 5.74) is 3.06. The first-order valence-corrected chi connectivity index (χ1v) is 9.13. The Morgan fingerprint density at radius 1 is 1.20 bits per heavy atom. The summed E-state index contributed by atoms with van der Waals surface area (Å²) < 4.78 is 10.7. The van der Waals surface area contributed by atoms with Gasteiger partial charge in [0.15, 0.2) is 16.7 Å². The number of thioether (sulfide) groups is 1. The molecule has 2 aliphatic rings. The second kappa shape index (κ2) is 6.80. The molecule has 0 fully saturated rings. The van der Waals surface area contributed by atoms with E-state index in [0.717, 1.165) is 10.9 Å². The number of benzene rings is 2. The van der Waals surface area contributed by atoms with Crippen molar-refractivity contribution in [1.82, 2.24) is 4.90 Å². The van der Waals surface area contributed by atoms with Gasteiger partial charge >= 0.3 is 0 Å². The molecule has 0 bridgehead atoms. The molecule has 2 aromatic rings. The lowest BCUT2D eigenvalue weighted by Gasteiger charge is -2.18.